The molecule has 2 aromatic rings. The Morgan fingerprint density at radius 3 is 2.45 bits per heavy atom. The molecule has 7 heteroatoms. The third-order valence-corrected chi connectivity index (χ3v) is 5.19. The van der Waals surface area contributed by atoms with Crippen LogP contribution in [0.15, 0.2) is 53.4 Å². The van der Waals surface area contributed by atoms with Crippen molar-refractivity contribution in [2.45, 2.75) is 11.4 Å². The molecule has 0 atom stereocenters. The van der Waals surface area contributed by atoms with Gasteiger partial charge in [0.25, 0.3) is 0 Å². The Hall–Kier alpha value is -2.07. The van der Waals surface area contributed by atoms with E-state index < -0.39 is 10.0 Å². The molecule has 0 aliphatic rings. The second-order valence-corrected chi connectivity index (χ2v) is 6.95. The minimum absolute atomic E-state index is 0.0144. The van der Waals surface area contributed by atoms with Gasteiger partial charge in [0.15, 0.2) is 0 Å². The molecule has 0 fully saturated rings. The smallest absolute Gasteiger partial charge is 0.244 e. The van der Waals surface area contributed by atoms with Gasteiger partial charge in [-0.3, -0.25) is 0 Å². The van der Waals surface area contributed by atoms with Crippen LogP contribution in [0.1, 0.15) is 5.56 Å². The molecule has 0 heterocycles. The van der Waals surface area contributed by atoms with Crippen LogP contribution < -0.4 is 5.73 Å². The lowest BCUT2D eigenvalue weighted by Gasteiger charge is -2.19. The topological polar surface area (TPSA) is 87.2 Å². The van der Waals surface area contributed by atoms with Crippen molar-refractivity contribution in [2.75, 3.05) is 12.3 Å². The lowest BCUT2D eigenvalue weighted by atomic mass is 10.2. The average Bonchev–Trinajstić information content (AvgIpc) is 2.50. The summed E-state index contributed by atoms with van der Waals surface area (Å²) in [6.45, 7) is -0.140. The Labute approximate surface area is 134 Å². The second-order valence-electron chi connectivity index (χ2n) is 4.60. The maximum Gasteiger partial charge on any atom is 0.244 e. The van der Waals surface area contributed by atoms with Crippen molar-refractivity contribution in [3.63, 3.8) is 0 Å². The van der Waals surface area contributed by atoms with E-state index in [4.69, 9.17) is 22.6 Å². The normalized spacial score (nSPS) is 11.3. The number of nitrogen functional groups attached to an aromatic ring is 1. The van der Waals surface area contributed by atoms with Gasteiger partial charge in [-0.15, -0.1) is 0 Å². The summed E-state index contributed by atoms with van der Waals surface area (Å²) in [5.41, 5.74) is 6.64. The van der Waals surface area contributed by atoms with Crippen LogP contribution in [0.2, 0.25) is 5.02 Å². The number of nitriles is 1. The van der Waals surface area contributed by atoms with Crippen LogP contribution in [0, 0.1) is 11.3 Å². The van der Waals surface area contributed by atoms with Crippen molar-refractivity contribution >= 4 is 27.3 Å². The number of hydrogen-bond acceptors (Lipinski definition) is 4. The molecule has 0 spiro atoms. The van der Waals surface area contributed by atoms with E-state index in [0.29, 0.717) is 0 Å². The van der Waals surface area contributed by atoms with Crippen LogP contribution in [0.4, 0.5) is 5.69 Å². The third kappa shape index (κ3) is 3.57. The molecule has 0 amide bonds. The molecular formula is C15H14ClN3O2S. The van der Waals surface area contributed by atoms with Crippen LogP contribution in [-0.4, -0.2) is 19.3 Å². The first-order chi connectivity index (χ1) is 10.4. The molecule has 0 aromatic heterocycles. The fourth-order valence-electron chi connectivity index (χ4n) is 1.92. The first kappa shape index (κ1) is 16.3. The predicted octanol–water partition coefficient (Wildman–Crippen LogP) is 2.64. The van der Waals surface area contributed by atoms with Gasteiger partial charge in [0.1, 0.15) is 6.54 Å². The van der Waals surface area contributed by atoms with Crippen molar-refractivity contribution in [2.24, 2.45) is 0 Å². The summed E-state index contributed by atoms with van der Waals surface area (Å²) in [5.74, 6) is 0. The summed E-state index contributed by atoms with van der Waals surface area (Å²) in [6, 6.07) is 15.1. The molecule has 2 aromatic carbocycles. The summed E-state index contributed by atoms with van der Waals surface area (Å²) in [6.07, 6.45) is 0. The zero-order chi connectivity index (χ0) is 16.2. The monoisotopic (exact) mass is 335 g/mol. The first-order valence-electron chi connectivity index (χ1n) is 6.41. The van der Waals surface area contributed by atoms with Gasteiger partial charge in [-0.25, -0.2) is 8.42 Å². The molecule has 0 radical (unpaired) electrons. The predicted molar refractivity (Wildman–Crippen MR) is 85.5 cm³/mol. The molecule has 0 saturated carbocycles. The minimum Gasteiger partial charge on any atom is -0.397 e. The average molecular weight is 336 g/mol. The Bertz CT molecular complexity index is 801. The molecule has 0 unspecified atom stereocenters. The quantitative estimate of drug-likeness (QED) is 0.672. The highest BCUT2D eigenvalue weighted by molar-refractivity contribution is 7.89. The highest BCUT2D eigenvalue weighted by atomic mass is 35.5. The summed E-state index contributed by atoms with van der Waals surface area (Å²) in [5, 5.41) is 9.21. The van der Waals surface area contributed by atoms with Crippen LogP contribution in [0.5, 0.6) is 0 Å². The number of benzene rings is 2. The van der Waals surface area contributed by atoms with Crippen molar-refractivity contribution in [1.82, 2.24) is 4.31 Å². The van der Waals surface area contributed by atoms with Gasteiger partial charge in [-0.2, -0.15) is 9.57 Å². The van der Waals surface area contributed by atoms with Crippen molar-refractivity contribution in [3.8, 4) is 6.07 Å². The Morgan fingerprint density at radius 1 is 1.18 bits per heavy atom. The lowest BCUT2D eigenvalue weighted by molar-refractivity contribution is 0.441. The Morgan fingerprint density at radius 2 is 1.86 bits per heavy atom. The van der Waals surface area contributed by atoms with Gasteiger partial charge in [0.2, 0.25) is 10.0 Å². The molecule has 2 rings (SSSR count). The molecular weight excluding hydrogens is 322 g/mol. The largest absolute Gasteiger partial charge is 0.397 e. The van der Waals surface area contributed by atoms with Gasteiger partial charge in [-0.1, -0.05) is 41.9 Å². The number of nitrogens with zero attached hydrogens (tertiary/aromatic N) is 2. The van der Waals surface area contributed by atoms with Crippen molar-refractivity contribution in [3.05, 3.63) is 59.1 Å². The van der Waals surface area contributed by atoms with Gasteiger partial charge in [-0.05, 0) is 23.8 Å². The molecule has 2 N–H and O–H groups in total. The Kier molecular flexibility index (Phi) is 5.03. The molecule has 0 saturated heterocycles. The minimum atomic E-state index is -3.83. The van der Waals surface area contributed by atoms with Gasteiger partial charge in [0, 0.05) is 6.54 Å². The van der Waals surface area contributed by atoms with E-state index in [9.17, 15) is 8.42 Å². The highest BCUT2D eigenvalue weighted by Crippen LogP contribution is 2.25. The highest BCUT2D eigenvalue weighted by Gasteiger charge is 2.25. The first-order valence-corrected chi connectivity index (χ1v) is 8.23. The van der Waals surface area contributed by atoms with E-state index in [1.807, 2.05) is 24.3 Å². The maximum atomic E-state index is 12.7. The lowest BCUT2D eigenvalue weighted by Crippen LogP contribution is -2.31. The van der Waals surface area contributed by atoms with Crippen molar-refractivity contribution < 1.29 is 8.42 Å². The van der Waals surface area contributed by atoms with Gasteiger partial charge >= 0.3 is 0 Å². The summed E-state index contributed by atoms with van der Waals surface area (Å²) in [7, 11) is -3.83. The molecule has 5 nitrogen and oxygen atoms in total. The van der Waals surface area contributed by atoms with E-state index >= 15 is 0 Å². The van der Waals surface area contributed by atoms with E-state index in [0.717, 1.165) is 9.87 Å². The van der Waals surface area contributed by atoms with Crippen LogP contribution in [0.3, 0.4) is 0 Å². The van der Waals surface area contributed by atoms with Crippen LogP contribution in [-0.2, 0) is 16.6 Å². The number of nitrogens with two attached hydrogens (primary N) is 1. The molecule has 22 heavy (non-hydrogen) atoms. The summed E-state index contributed by atoms with van der Waals surface area (Å²) < 4.78 is 26.4. The molecule has 114 valence electrons. The zero-order valence-electron chi connectivity index (χ0n) is 11.6. The number of anilines is 1. The van der Waals surface area contributed by atoms with Crippen molar-refractivity contribution in [1.29, 1.82) is 5.26 Å². The summed E-state index contributed by atoms with van der Waals surface area (Å²) >= 11 is 5.82. The Balaban J connectivity index is 2.37. The third-order valence-electron chi connectivity index (χ3n) is 3.05. The standard InChI is InChI=1S/C15H14ClN3O2S/c16-14-7-6-13(10-15(14)18)22(20,21)19(9-8-17)11-12-4-2-1-3-5-12/h1-7,10H,9,11,18H2. The number of halogens is 1. The van der Waals surface area contributed by atoms with Gasteiger partial charge < -0.3 is 5.73 Å². The van der Waals surface area contributed by atoms with E-state index in [1.54, 1.807) is 12.1 Å². The van der Waals surface area contributed by atoms with Gasteiger partial charge in [0.05, 0.1) is 21.7 Å². The van der Waals surface area contributed by atoms with E-state index in [1.165, 1.54) is 18.2 Å². The van der Waals surface area contributed by atoms with Crippen LogP contribution in [0.25, 0.3) is 0 Å². The molecule has 0 aliphatic carbocycles. The second kappa shape index (κ2) is 6.79. The van der Waals surface area contributed by atoms with Crippen LogP contribution >= 0.6 is 11.6 Å². The number of hydrogen-bond donors (Lipinski definition) is 1. The fourth-order valence-corrected chi connectivity index (χ4v) is 3.40. The zero-order valence-corrected chi connectivity index (χ0v) is 13.2. The SMILES string of the molecule is N#CCN(Cc1ccccc1)S(=O)(=O)c1ccc(Cl)c(N)c1. The fraction of sp³-hybridized carbons (Fsp3) is 0.133. The maximum absolute atomic E-state index is 12.7. The van der Waals surface area contributed by atoms with E-state index in [2.05, 4.69) is 0 Å². The summed E-state index contributed by atoms with van der Waals surface area (Å²) in [4.78, 5) is 0.0144. The number of sulfonamides is 1. The van der Waals surface area contributed by atoms with E-state index in [-0.39, 0.29) is 28.7 Å². The number of rotatable bonds is 5. The molecule has 0 bridgehead atoms. The molecule has 0 aliphatic heterocycles.